The number of ketones is 1. The lowest BCUT2D eigenvalue weighted by Gasteiger charge is -2.19. The van der Waals surface area contributed by atoms with E-state index in [1.165, 1.54) is 6.07 Å². The fourth-order valence-corrected chi connectivity index (χ4v) is 2.34. The van der Waals surface area contributed by atoms with E-state index in [2.05, 4.69) is 4.90 Å². The highest BCUT2D eigenvalue weighted by Crippen LogP contribution is 2.15. The molecule has 1 aliphatic heterocycles. The summed E-state index contributed by atoms with van der Waals surface area (Å²) >= 11 is 0. The molecule has 1 saturated heterocycles. The molecule has 0 N–H and O–H groups in total. The Hall–Kier alpha value is -1.33. The fourth-order valence-electron chi connectivity index (χ4n) is 2.34. The van der Waals surface area contributed by atoms with E-state index >= 15 is 0 Å². The number of benzene rings is 1. The summed E-state index contributed by atoms with van der Waals surface area (Å²) in [5, 5.41) is 0. The maximum Gasteiger partial charge on any atom is 0.176 e. The van der Waals surface area contributed by atoms with Gasteiger partial charge in [-0.05, 0) is 38.7 Å². The molecule has 5 heteroatoms. The number of nitrogens with zero attached hydrogens (tertiary/aromatic N) is 2. The van der Waals surface area contributed by atoms with Gasteiger partial charge in [0.2, 0.25) is 0 Å². The Morgan fingerprint density at radius 2 is 2.11 bits per heavy atom. The Labute approximate surface area is 111 Å². The molecule has 1 aromatic rings. The van der Waals surface area contributed by atoms with E-state index in [1.807, 2.05) is 19.0 Å². The molecular formula is C14H18F2N2O. The van der Waals surface area contributed by atoms with Crippen LogP contribution in [0.15, 0.2) is 18.2 Å². The topological polar surface area (TPSA) is 23.6 Å². The molecule has 0 spiro atoms. The lowest BCUT2D eigenvalue weighted by Crippen LogP contribution is -2.33. The van der Waals surface area contributed by atoms with E-state index in [1.54, 1.807) is 0 Å². The van der Waals surface area contributed by atoms with Crippen LogP contribution in [0.4, 0.5) is 8.78 Å². The summed E-state index contributed by atoms with van der Waals surface area (Å²) in [6.45, 7) is 1.95. The van der Waals surface area contributed by atoms with Gasteiger partial charge in [0.05, 0.1) is 6.54 Å². The first-order valence-corrected chi connectivity index (χ1v) is 6.34. The predicted octanol–water partition coefficient (Wildman–Crippen LogP) is 1.78. The van der Waals surface area contributed by atoms with Crippen LogP contribution in [-0.4, -0.2) is 55.4 Å². The molecule has 0 radical (unpaired) electrons. The highest BCUT2D eigenvalue weighted by molar-refractivity contribution is 5.97. The zero-order chi connectivity index (χ0) is 14.0. The van der Waals surface area contributed by atoms with Gasteiger partial charge >= 0.3 is 0 Å². The molecule has 0 aromatic heterocycles. The lowest BCUT2D eigenvalue weighted by atomic mass is 10.1. The number of Topliss-reactive ketones (excluding diaryl/α,β-unsaturated/α-hetero) is 1. The summed E-state index contributed by atoms with van der Waals surface area (Å²) in [6.07, 6.45) is 1.03. The van der Waals surface area contributed by atoms with Gasteiger partial charge in [0, 0.05) is 24.7 Å². The van der Waals surface area contributed by atoms with Crippen LogP contribution >= 0.6 is 0 Å². The number of carbonyl (C=O) groups excluding carboxylic acids is 1. The maximum absolute atomic E-state index is 13.1. The fraction of sp³-hybridized carbons (Fsp3) is 0.500. The first kappa shape index (κ1) is 14.1. The van der Waals surface area contributed by atoms with E-state index < -0.39 is 11.6 Å². The second-order valence-corrected chi connectivity index (χ2v) is 5.19. The Balaban J connectivity index is 1.96. The summed E-state index contributed by atoms with van der Waals surface area (Å²) in [5.74, 6) is -2.07. The third-order valence-corrected chi connectivity index (χ3v) is 3.59. The van der Waals surface area contributed by atoms with E-state index in [4.69, 9.17) is 0 Å². The van der Waals surface area contributed by atoms with Gasteiger partial charge in [0.15, 0.2) is 17.4 Å². The minimum atomic E-state index is -0.974. The standard InChI is InChI=1S/C14H18F2N2O/c1-17(2)11-5-6-18(8-11)9-14(19)10-3-4-12(15)13(16)7-10/h3-4,7,11H,5-6,8-9H2,1-2H3. The molecule has 1 unspecified atom stereocenters. The molecule has 1 atom stereocenters. The van der Waals surface area contributed by atoms with Crippen molar-refractivity contribution in [1.82, 2.24) is 9.80 Å². The number of likely N-dealkylation sites (N-methyl/N-ethyl adjacent to an activating group) is 1. The summed E-state index contributed by atoms with van der Waals surface area (Å²) < 4.78 is 25.9. The van der Waals surface area contributed by atoms with Crippen molar-refractivity contribution in [2.45, 2.75) is 12.5 Å². The SMILES string of the molecule is CN(C)C1CCN(CC(=O)c2ccc(F)c(F)c2)C1. The quantitative estimate of drug-likeness (QED) is 0.778. The average molecular weight is 268 g/mol. The van der Waals surface area contributed by atoms with Crippen LogP contribution in [-0.2, 0) is 0 Å². The number of likely N-dealkylation sites (tertiary alicyclic amines) is 1. The molecule has 19 heavy (non-hydrogen) atoms. The van der Waals surface area contributed by atoms with Crippen molar-refractivity contribution in [1.29, 1.82) is 0 Å². The number of carbonyl (C=O) groups is 1. The highest BCUT2D eigenvalue weighted by Gasteiger charge is 2.25. The molecule has 0 bridgehead atoms. The van der Waals surface area contributed by atoms with Gasteiger partial charge in [-0.3, -0.25) is 9.69 Å². The van der Waals surface area contributed by atoms with Crippen LogP contribution in [0.1, 0.15) is 16.8 Å². The Bertz CT molecular complexity index is 477. The molecule has 1 aromatic carbocycles. The van der Waals surface area contributed by atoms with Crippen LogP contribution in [0.2, 0.25) is 0 Å². The molecule has 0 saturated carbocycles. The minimum absolute atomic E-state index is 0.168. The number of hydrogen-bond acceptors (Lipinski definition) is 3. The van der Waals surface area contributed by atoms with Gasteiger partial charge < -0.3 is 4.90 Å². The van der Waals surface area contributed by atoms with Gasteiger partial charge in [-0.15, -0.1) is 0 Å². The van der Waals surface area contributed by atoms with Crippen molar-refractivity contribution >= 4 is 5.78 Å². The largest absolute Gasteiger partial charge is 0.305 e. The zero-order valence-corrected chi connectivity index (χ0v) is 11.2. The van der Waals surface area contributed by atoms with Crippen molar-refractivity contribution in [3.05, 3.63) is 35.4 Å². The maximum atomic E-state index is 13.1. The Morgan fingerprint density at radius 1 is 1.37 bits per heavy atom. The van der Waals surface area contributed by atoms with Gasteiger partial charge in [-0.25, -0.2) is 8.78 Å². The van der Waals surface area contributed by atoms with E-state index in [0.29, 0.717) is 6.04 Å². The Kier molecular flexibility index (Phi) is 4.27. The number of halogens is 2. The highest BCUT2D eigenvalue weighted by atomic mass is 19.2. The molecule has 1 fully saturated rings. The number of rotatable bonds is 4. The molecule has 0 amide bonds. The smallest absolute Gasteiger partial charge is 0.176 e. The lowest BCUT2D eigenvalue weighted by molar-refractivity contribution is 0.0941. The zero-order valence-electron chi connectivity index (χ0n) is 11.2. The van der Waals surface area contributed by atoms with Crippen molar-refractivity contribution in [2.75, 3.05) is 33.7 Å². The minimum Gasteiger partial charge on any atom is -0.305 e. The Morgan fingerprint density at radius 3 is 2.68 bits per heavy atom. The first-order valence-electron chi connectivity index (χ1n) is 6.34. The summed E-state index contributed by atoms with van der Waals surface area (Å²) in [4.78, 5) is 16.2. The van der Waals surface area contributed by atoms with Crippen LogP contribution in [0.3, 0.4) is 0 Å². The van der Waals surface area contributed by atoms with Gasteiger partial charge in [0.25, 0.3) is 0 Å². The number of hydrogen-bond donors (Lipinski definition) is 0. The van der Waals surface area contributed by atoms with Gasteiger partial charge in [-0.1, -0.05) is 0 Å². The first-order chi connectivity index (χ1) is 8.97. The van der Waals surface area contributed by atoms with E-state index in [-0.39, 0.29) is 17.9 Å². The van der Waals surface area contributed by atoms with Crippen LogP contribution in [0.25, 0.3) is 0 Å². The monoisotopic (exact) mass is 268 g/mol. The van der Waals surface area contributed by atoms with Crippen molar-refractivity contribution < 1.29 is 13.6 Å². The summed E-state index contributed by atoms with van der Waals surface area (Å²) in [7, 11) is 4.04. The molecule has 3 nitrogen and oxygen atoms in total. The molecule has 1 aliphatic rings. The second kappa shape index (κ2) is 5.75. The van der Waals surface area contributed by atoms with Crippen LogP contribution < -0.4 is 0 Å². The normalized spacial score (nSPS) is 20.2. The van der Waals surface area contributed by atoms with Crippen LogP contribution in [0, 0.1) is 11.6 Å². The van der Waals surface area contributed by atoms with E-state index in [9.17, 15) is 13.6 Å². The summed E-state index contributed by atoms with van der Waals surface area (Å²) in [5.41, 5.74) is 0.229. The third kappa shape index (κ3) is 3.36. The molecule has 1 heterocycles. The molecule has 104 valence electrons. The molecule has 0 aliphatic carbocycles. The van der Waals surface area contributed by atoms with Crippen molar-refractivity contribution in [3.8, 4) is 0 Å². The molecule has 2 rings (SSSR count). The summed E-state index contributed by atoms with van der Waals surface area (Å²) in [6, 6.07) is 3.75. The van der Waals surface area contributed by atoms with Crippen LogP contribution in [0.5, 0.6) is 0 Å². The van der Waals surface area contributed by atoms with Crippen molar-refractivity contribution in [3.63, 3.8) is 0 Å². The predicted molar refractivity (Wildman–Crippen MR) is 69.2 cm³/mol. The second-order valence-electron chi connectivity index (χ2n) is 5.19. The van der Waals surface area contributed by atoms with Crippen molar-refractivity contribution in [2.24, 2.45) is 0 Å². The van der Waals surface area contributed by atoms with Gasteiger partial charge in [0.1, 0.15) is 0 Å². The van der Waals surface area contributed by atoms with Gasteiger partial charge in [-0.2, -0.15) is 0 Å². The van der Waals surface area contributed by atoms with E-state index in [0.717, 1.165) is 31.6 Å². The third-order valence-electron chi connectivity index (χ3n) is 3.59. The average Bonchev–Trinajstić information content (AvgIpc) is 2.81. The molecular weight excluding hydrogens is 250 g/mol.